The first-order valence-corrected chi connectivity index (χ1v) is 7.35. The third-order valence-corrected chi connectivity index (χ3v) is 3.13. The summed E-state index contributed by atoms with van der Waals surface area (Å²) >= 11 is 8.42. The standard InChI is InChI=1S/C14H15BrN2O3S/c1-3-20-13(19)7-6-12(18)17-14(21)16-11-5-4-9(2)8-10(11)15/h4-8H,3H2,1-2H3,(H2,16,17,18,21)/b7-6+. The van der Waals surface area contributed by atoms with Gasteiger partial charge in [0.05, 0.1) is 12.3 Å². The van der Waals surface area contributed by atoms with Crippen LogP contribution in [0.1, 0.15) is 12.5 Å². The van der Waals surface area contributed by atoms with Gasteiger partial charge < -0.3 is 10.1 Å². The Balaban J connectivity index is 2.53. The first-order chi connectivity index (χ1) is 9.92. The molecule has 1 aromatic rings. The molecule has 1 rings (SSSR count). The number of anilines is 1. The summed E-state index contributed by atoms with van der Waals surface area (Å²) < 4.78 is 5.49. The summed E-state index contributed by atoms with van der Waals surface area (Å²) in [7, 11) is 0. The minimum absolute atomic E-state index is 0.137. The van der Waals surface area contributed by atoms with Gasteiger partial charge in [0.2, 0.25) is 5.91 Å². The fourth-order valence-corrected chi connectivity index (χ4v) is 2.17. The first kappa shape index (κ1) is 17.3. The van der Waals surface area contributed by atoms with Crippen LogP contribution in [0.2, 0.25) is 0 Å². The normalized spacial score (nSPS) is 10.2. The molecule has 0 bridgehead atoms. The molecule has 0 heterocycles. The molecule has 7 heteroatoms. The van der Waals surface area contributed by atoms with Crippen molar-refractivity contribution in [3.63, 3.8) is 0 Å². The lowest BCUT2D eigenvalue weighted by atomic mass is 10.2. The van der Waals surface area contributed by atoms with Gasteiger partial charge in [0.1, 0.15) is 0 Å². The summed E-state index contributed by atoms with van der Waals surface area (Å²) in [5, 5.41) is 5.45. The highest BCUT2D eigenvalue weighted by Crippen LogP contribution is 2.23. The van der Waals surface area contributed by atoms with E-state index in [-0.39, 0.29) is 11.7 Å². The molecule has 0 aliphatic carbocycles. The van der Waals surface area contributed by atoms with E-state index in [9.17, 15) is 9.59 Å². The largest absolute Gasteiger partial charge is 0.463 e. The van der Waals surface area contributed by atoms with E-state index in [0.717, 1.165) is 27.9 Å². The third-order valence-electron chi connectivity index (χ3n) is 2.27. The average molecular weight is 371 g/mol. The van der Waals surface area contributed by atoms with Gasteiger partial charge in [-0.15, -0.1) is 0 Å². The Labute approximate surface area is 136 Å². The topological polar surface area (TPSA) is 67.4 Å². The van der Waals surface area contributed by atoms with E-state index in [4.69, 9.17) is 12.2 Å². The number of hydrogen-bond donors (Lipinski definition) is 2. The molecule has 0 spiro atoms. The number of carbonyl (C=O) groups is 2. The molecule has 0 fully saturated rings. The zero-order chi connectivity index (χ0) is 15.8. The van der Waals surface area contributed by atoms with Crippen LogP contribution in [0.4, 0.5) is 5.69 Å². The van der Waals surface area contributed by atoms with E-state index < -0.39 is 11.9 Å². The predicted octanol–water partition coefficient (Wildman–Crippen LogP) is 2.69. The number of amides is 1. The van der Waals surface area contributed by atoms with Crippen LogP contribution in [0.15, 0.2) is 34.8 Å². The molecule has 2 N–H and O–H groups in total. The Bertz CT molecular complexity index is 588. The van der Waals surface area contributed by atoms with Crippen molar-refractivity contribution < 1.29 is 14.3 Å². The summed E-state index contributed by atoms with van der Waals surface area (Å²) in [6.45, 7) is 3.91. The van der Waals surface area contributed by atoms with Gasteiger partial charge in [-0.25, -0.2) is 4.79 Å². The number of esters is 1. The zero-order valence-corrected chi connectivity index (χ0v) is 14.0. The van der Waals surface area contributed by atoms with Crippen LogP contribution in [0.5, 0.6) is 0 Å². The van der Waals surface area contributed by atoms with Crippen LogP contribution in [-0.2, 0) is 14.3 Å². The van der Waals surface area contributed by atoms with E-state index in [1.807, 2.05) is 25.1 Å². The number of carbonyl (C=O) groups excluding carboxylic acids is 2. The summed E-state index contributed by atoms with van der Waals surface area (Å²) in [4.78, 5) is 22.6. The van der Waals surface area contributed by atoms with Gasteiger partial charge in [-0.2, -0.15) is 0 Å². The van der Waals surface area contributed by atoms with Crippen LogP contribution in [0.25, 0.3) is 0 Å². The number of hydrogen-bond acceptors (Lipinski definition) is 4. The molecular weight excluding hydrogens is 356 g/mol. The first-order valence-electron chi connectivity index (χ1n) is 6.15. The van der Waals surface area contributed by atoms with Gasteiger partial charge >= 0.3 is 5.97 Å². The third kappa shape index (κ3) is 6.50. The molecule has 1 aromatic carbocycles. The smallest absolute Gasteiger partial charge is 0.330 e. The lowest BCUT2D eigenvalue weighted by molar-refractivity contribution is -0.137. The van der Waals surface area contributed by atoms with E-state index in [1.165, 1.54) is 0 Å². The zero-order valence-electron chi connectivity index (χ0n) is 11.6. The maximum atomic E-state index is 11.5. The second-order valence-electron chi connectivity index (χ2n) is 4.01. The summed E-state index contributed by atoms with van der Waals surface area (Å²) in [5.41, 5.74) is 1.83. The monoisotopic (exact) mass is 370 g/mol. The van der Waals surface area contributed by atoms with Gasteiger partial charge in [0.15, 0.2) is 5.11 Å². The van der Waals surface area contributed by atoms with E-state index >= 15 is 0 Å². The highest BCUT2D eigenvalue weighted by molar-refractivity contribution is 9.10. The molecule has 1 amide bonds. The molecule has 5 nitrogen and oxygen atoms in total. The molecule has 21 heavy (non-hydrogen) atoms. The Kier molecular flexibility index (Phi) is 7.04. The number of halogens is 1. The Morgan fingerprint density at radius 2 is 2.10 bits per heavy atom. The summed E-state index contributed by atoms with van der Waals surface area (Å²) in [6, 6.07) is 5.68. The fraction of sp³-hybridized carbons (Fsp3) is 0.214. The SMILES string of the molecule is CCOC(=O)/C=C/C(=O)NC(=S)Nc1ccc(C)cc1Br. The van der Waals surface area contributed by atoms with Crippen LogP contribution in [0.3, 0.4) is 0 Å². The second-order valence-corrected chi connectivity index (χ2v) is 5.27. The molecule has 0 aromatic heterocycles. The maximum absolute atomic E-state index is 11.5. The van der Waals surface area contributed by atoms with E-state index in [1.54, 1.807) is 6.92 Å². The lowest BCUT2D eigenvalue weighted by Crippen LogP contribution is -2.33. The number of benzene rings is 1. The van der Waals surface area contributed by atoms with Crippen LogP contribution >= 0.6 is 28.1 Å². The van der Waals surface area contributed by atoms with Gasteiger partial charge in [-0.1, -0.05) is 6.07 Å². The highest BCUT2D eigenvalue weighted by atomic mass is 79.9. The van der Waals surface area contributed by atoms with Gasteiger partial charge in [-0.3, -0.25) is 10.1 Å². The minimum atomic E-state index is -0.576. The predicted molar refractivity (Wildman–Crippen MR) is 89.0 cm³/mol. The van der Waals surface area contributed by atoms with Crippen LogP contribution in [-0.4, -0.2) is 23.6 Å². The van der Waals surface area contributed by atoms with Gasteiger partial charge in [0, 0.05) is 16.6 Å². The number of nitrogens with one attached hydrogen (secondary N) is 2. The molecule has 0 atom stereocenters. The Morgan fingerprint density at radius 1 is 1.38 bits per heavy atom. The lowest BCUT2D eigenvalue weighted by Gasteiger charge is -2.10. The molecular formula is C14H15BrN2O3S. The number of rotatable bonds is 4. The van der Waals surface area contributed by atoms with Crippen molar-refractivity contribution in [2.45, 2.75) is 13.8 Å². The molecule has 0 unspecified atom stereocenters. The van der Waals surface area contributed by atoms with Crippen molar-refractivity contribution in [2.24, 2.45) is 0 Å². The van der Waals surface area contributed by atoms with Crippen molar-refractivity contribution in [3.05, 3.63) is 40.4 Å². The molecule has 0 saturated heterocycles. The number of thiocarbonyl (C=S) groups is 1. The molecule has 0 aliphatic heterocycles. The van der Waals surface area contributed by atoms with Crippen LogP contribution in [0, 0.1) is 6.92 Å². The maximum Gasteiger partial charge on any atom is 0.330 e. The van der Waals surface area contributed by atoms with Crippen molar-refractivity contribution in [3.8, 4) is 0 Å². The fourth-order valence-electron chi connectivity index (χ4n) is 1.36. The number of ether oxygens (including phenoxy) is 1. The quantitative estimate of drug-likeness (QED) is 0.484. The van der Waals surface area contributed by atoms with Crippen molar-refractivity contribution >= 4 is 50.8 Å². The Morgan fingerprint density at radius 3 is 2.71 bits per heavy atom. The van der Waals surface area contributed by atoms with Gasteiger partial charge in [-0.05, 0) is 59.7 Å². The molecule has 0 radical (unpaired) electrons. The van der Waals surface area contributed by atoms with Crippen molar-refractivity contribution in [2.75, 3.05) is 11.9 Å². The summed E-state index contributed by atoms with van der Waals surface area (Å²) in [5.74, 6) is -1.09. The van der Waals surface area contributed by atoms with E-state index in [2.05, 4.69) is 31.3 Å². The Hall–Kier alpha value is -1.73. The molecule has 0 aliphatic rings. The molecule has 112 valence electrons. The minimum Gasteiger partial charge on any atom is -0.463 e. The second kappa shape index (κ2) is 8.53. The van der Waals surface area contributed by atoms with Crippen LogP contribution < -0.4 is 10.6 Å². The van der Waals surface area contributed by atoms with Crippen molar-refractivity contribution in [1.82, 2.24) is 5.32 Å². The average Bonchev–Trinajstić information content (AvgIpc) is 2.40. The summed E-state index contributed by atoms with van der Waals surface area (Å²) in [6.07, 6.45) is 2.11. The van der Waals surface area contributed by atoms with Crippen molar-refractivity contribution in [1.29, 1.82) is 0 Å². The highest BCUT2D eigenvalue weighted by Gasteiger charge is 2.05. The van der Waals surface area contributed by atoms with E-state index in [0.29, 0.717) is 0 Å². The van der Waals surface area contributed by atoms with Gasteiger partial charge in [0.25, 0.3) is 0 Å². The number of aryl methyl sites for hydroxylation is 1. The molecule has 0 saturated carbocycles.